The molecule has 2 aliphatic heterocycles. The summed E-state index contributed by atoms with van der Waals surface area (Å²) in [5.74, 6) is 0.0623. The van der Waals surface area contributed by atoms with Gasteiger partial charge in [-0.1, -0.05) is 6.07 Å². The smallest absolute Gasteiger partial charge is 0.262 e. The van der Waals surface area contributed by atoms with Gasteiger partial charge >= 0.3 is 0 Å². The lowest BCUT2D eigenvalue weighted by molar-refractivity contribution is -0.142. The van der Waals surface area contributed by atoms with Gasteiger partial charge in [0.2, 0.25) is 5.91 Å². The Bertz CT molecular complexity index is 1010. The number of hydrazone groups is 1. The zero-order valence-corrected chi connectivity index (χ0v) is 19.9. The van der Waals surface area contributed by atoms with Crippen molar-refractivity contribution < 1.29 is 14.3 Å². The summed E-state index contributed by atoms with van der Waals surface area (Å²) in [5, 5.41) is 8.41. The number of nitrogens with zero attached hydrogens (tertiary/aromatic N) is 5. The number of aryl methyl sites for hydroxylation is 1. The molecular weight excluding hydrogens is 438 g/mol. The molecule has 3 aliphatic rings. The molecule has 1 saturated carbocycles. The van der Waals surface area contributed by atoms with Gasteiger partial charge < -0.3 is 14.2 Å². The zero-order chi connectivity index (χ0) is 22.8. The molecular formula is C24H31N5O3S. The molecule has 5 rings (SSSR count). The standard InChI is InChI=1S/C24H31N5O3S/c1-26-8-2-4-20(26)21-16-19(22-5-3-15-33-22)25-29(21)23(30)17-28(24(31)18-6-7-18)10-9-27-11-13-32-14-12-27/h2-5,8,15,18,21H,6-7,9-14,16-17H2,1H3/t21-/m1/s1. The predicted molar refractivity (Wildman–Crippen MR) is 127 cm³/mol. The number of morpholine rings is 1. The molecule has 9 heteroatoms. The largest absolute Gasteiger partial charge is 0.379 e. The Morgan fingerprint density at radius 3 is 2.70 bits per heavy atom. The third kappa shape index (κ3) is 5.05. The van der Waals surface area contributed by atoms with Crippen molar-refractivity contribution in [3.05, 3.63) is 46.4 Å². The van der Waals surface area contributed by atoms with Gasteiger partial charge in [0.1, 0.15) is 12.6 Å². The van der Waals surface area contributed by atoms with Gasteiger partial charge in [0.25, 0.3) is 5.91 Å². The van der Waals surface area contributed by atoms with Crippen molar-refractivity contribution in [1.29, 1.82) is 0 Å². The molecule has 8 nitrogen and oxygen atoms in total. The molecule has 2 fully saturated rings. The first-order chi connectivity index (χ1) is 16.1. The van der Waals surface area contributed by atoms with Crippen LogP contribution >= 0.6 is 11.3 Å². The minimum atomic E-state index is -0.160. The quantitative estimate of drug-likeness (QED) is 0.595. The van der Waals surface area contributed by atoms with Crippen LogP contribution in [0.15, 0.2) is 40.9 Å². The van der Waals surface area contributed by atoms with Gasteiger partial charge in [0, 0.05) is 57.5 Å². The summed E-state index contributed by atoms with van der Waals surface area (Å²) in [6.07, 6.45) is 4.52. The summed E-state index contributed by atoms with van der Waals surface area (Å²) in [6, 6.07) is 7.93. The van der Waals surface area contributed by atoms with Crippen LogP contribution in [0.5, 0.6) is 0 Å². The highest BCUT2D eigenvalue weighted by Gasteiger charge is 2.38. The van der Waals surface area contributed by atoms with E-state index in [0.29, 0.717) is 13.0 Å². The number of amides is 2. The Kier molecular flexibility index (Phi) is 6.62. The molecule has 0 radical (unpaired) electrons. The Balaban J connectivity index is 1.33. The Hall–Kier alpha value is -2.49. The number of rotatable bonds is 8. The van der Waals surface area contributed by atoms with E-state index in [4.69, 9.17) is 9.84 Å². The van der Waals surface area contributed by atoms with Crippen molar-refractivity contribution in [3.8, 4) is 0 Å². The minimum Gasteiger partial charge on any atom is -0.379 e. The van der Waals surface area contributed by atoms with E-state index in [1.807, 2.05) is 47.5 Å². The third-order valence-electron chi connectivity index (χ3n) is 6.65. The van der Waals surface area contributed by atoms with E-state index < -0.39 is 0 Å². The van der Waals surface area contributed by atoms with Gasteiger partial charge in [-0.3, -0.25) is 14.5 Å². The summed E-state index contributed by atoms with van der Waals surface area (Å²) in [5.41, 5.74) is 1.98. The maximum Gasteiger partial charge on any atom is 0.262 e. The van der Waals surface area contributed by atoms with Crippen LogP contribution in [0, 0.1) is 5.92 Å². The monoisotopic (exact) mass is 469 g/mol. The minimum absolute atomic E-state index is 0.0712. The van der Waals surface area contributed by atoms with Crippen molar-refractivity contribution >= 4 is 28.9 Å². The van der Waals surface area contributed by atoms with Crippen LogP contribution in [-0.2, 0) is 21.4 Å². The number of carbonyl (C=O) groups is 2. The SMILES string of the molecule is Cn1cccc1[C@H]1CC(c2cccs2)=NN1C(=O)CN(CCN1CCOCC1)C(=O)C1CC1. The highest BCUT2D eigenvalue weighted by molar-refractivity contribution is 7.12. The van der Waals surface area contributed by atoms with Gasteiger partial charge in [-0.05, 0) is 36.4 Å². The van der Waals surface area contributed by atoms with Gasteiger partial charge in [0.05, 0.1) is 23.8 Å². The molecule has 2 aromatic rings. The lowest BCUT2D eigenvalue weighted by Crippen LogP contribution is -2.47. The fraction of sp³-hybridized carbons (Fsp3) is 0.542. The van der Waals surface area contributed by atoms with Crippen molar-refractivity contribution in [2.75, 3.05) is 45.9 Å². The second kappa shape index (κ2) is 9.79. The van der Waals surface area contributed by atoms with E-state index in [1.54, 1.807) is 21.2 Å². The van der Waals surface area contributed by atoms with E-state index in [1.165, 1.54) is 0 Å². The van der Waals surface area contributed by atoms with Crippen LogP contribution in [0.4, 0.5) is 0 Å². The summed E-state index contributed by atoms with van der Waals surface area (Å²) < 4.78 is 7.48. The molecule has 1 saturated heterocycles. The molecule has 33 heavy (non-hydrogen) atoms. The average Bonchev–Trinajstić information content (AvgIpc) is 3.18. The third-order valence-corrected chi connectivity index (χ3v) is 7.57. The Morgan fingerprint density at radius 2 is 2.03 bits per heavy atom. The Labute approximate surface area is 198 Å². The first-order valence-electron chi connectivity index (χ1n) is 11.7. The van der Waals surface area contributed by atoms with E-state index in [-0.39, 0.29) is 30.3 Å². The van der Waals surface area contributed by atoms with E-state index in [9.17, 15) is 9.59 Å². The van der Waals surface area contributed by atoms with Crippen molar-refractivity contribution in [3.63, 3.8) is 0 Å². The number of hydrogen-bond donors (Lipinski definition) is 0. The van der Waals surface area contributed by atoms with Crippen LogP contribution in [0.1, 0.15) is 35.9 Å². The summed E-state index contributed by atoms with van der Waals surface area (Å²) in [4.78, 5) is 31.7. The summed E-state index contributed by atoms with van der Waals surface area (Å²) in [6.45, 7) is 4.59. The molecule has 1 atom stereocenters. The number of hydrogen-bond acceptors (Lipinski definition) is 6. The molecule has 0 bridgehead atoms. The van der Waals surface area contributed by atoms with Gasteiger partial charge in [-0.15, -0.1) is 11.3 Å². The number of aromatic nitrogens is 1. The summed E-state index contributed by atoms with van der Waals surface area (Å²) in [7, 11) is 1.99. The molecule has 176 valence electrons. The first kappa shape index (κ1) is 22.3. The molecule has 4 heterocycles. The van der Waals surface area contributed by atoms with Crippen molar-refractivity contribution in [2.45, 2.75) is 25.3 Å². The number of ether oxygens (including phenoxy) is 1. The van der Waals surface area contributed by atoms with E-state index in [2.05, 4.69) is 4.90 Å². The lowest BCUT2D eigenvalue weighted by Gasteiger charge is -2.31. The molecule has 2 amide bonds. The highest BCUT2D eigenvalue weighted by atomic mass is 32.1. The zero-order valence-electron chi connectivity index (χ0n) is 19.1. The van der Waals surface area contributed by atoms with Crippen LogP contribution in [0.2, 0.25) is 0 Å². The lowest BCUT2D eigenvalue weighted by atomic mass is 10.1. The average molecular weight is 470 g/mol. The molecule has 0 spiro atoms. The predicted octanol–water partition coefficient (Wildman–Crippen LogP) is 2.34. The fourth-order valence-corrected chi connectivity index (χ4v) is 5.28. The molecule has 0 N–H and O–H groups in total. The maximum absolute atomic E-state index is 13.6. The molecule has 0 unspecified atom stereocenters. The molecule has 0 aromatic carbocycles. The van der Waals surface area contributed by atoms with Crippen molar-refractivity contribution in [1.82, 2.24) is 19.4 Å². The van der Waals surface area contributed by atoms with Crippen LogP contribution in [0.3, 0.4) is 0 Å². The summed E-state index contributed by atoms with van der Waals surface area (Å²) >= 11 is 1.64. The maximum atomic E-state index is 13.6. The number of carbonyl (C=O) groups excluding carboxylic acids is 2. The molecule has 1 aliphatic carbocycles. The van der Waals surface area contributed by atoms with Crippen LogP contribution < -0.4 is 0 Å². The van der Waals surface area contributed by atoms with Crippen molar-refractivity contribution in [2.24, 2.45) is 18.1 Å². The van der Waals surface area contributed by atoms with Gasteiger partial charge in [0.15, 0.2) is 0 Å². The van der Waals surface area contributed by atoms with Crippen LogP contribution in [0.25, 0.3) is 0 Å². The van der Waals surface area contributed by atoms with E-state index in [0.717, 1.165) is 62.0 Å². The Morgan fingerprint density at radius 1 is 1.21 bits per heavy atom. The molecule has 2 aromatic heterocycles. The van der Waals surface area contributed by atoms with Gasteiger partial charge in [-0.25, -0.2) is 5.01 Å². The fourth-order valence-electron chi connectivity index (χ4n) is 4.56. The second-order valence-electron chi connectivity index (χ2n) is 9.01. The van der Waals surface area contributed by atoms with Gasteiger partial charge in [-0.2, -0.15) is 5.10 Å². The first-order valence-corrected chi connectivity index (χ1v) is 12.6. The topological polar surface area (TPSA) is 70.4 Å². The van der Waals surface area contributed by atoms with E-state index >= 15 is 0 Å². The van der Waals surface area contributed by atoms with Crippen LogP contribution in [-0.4, -0.2) is 82.8 Å². The second-order valence-corrected chi connectivity index (χ2v) is 9.96. The normalized spacial score (nSPS) is 21.3. The highest BCUT2D eigenvalue weighted by Crippen LogP contribution is 2.35. The number of thiophene rings is 1.